The monoisotopic (exact) mass is 471 g/mol. The van der Waals surface area contributed by atoms with Gasteiger partial charge in [-0.15, -0.1) is 0 Å². The molecule has 0 aliphatic carbocycles. The number of carbonyl (C=O) groups is 1. The summed E-state index contributed by atoms with van der Waals surface area (Å²) in [6.45, 7) is 7.00. The number of piperidine rings is 1. The largest absolute Gasteiger partial charge is 0.474 e. The molecular weight excluding hydrogens is 442 g/mol. The highest BCUT2D eigenvalue weighted by atomic mass is 35.5. The number of hydroxylamine groups is 2. The number of nitrogens with zero attached hydrogens (tertiary/aromatic N) is 4. The lowest BCUT2D eigenvalue weighted by atomic mass is 10.0. The number of halogens is 1. The van der Waals surface area contributed by atoms with Gasteiger partial charge in [0.2, 0.25) is 11.8 Å². The lowest BCUT2D eigenvalue weighted by Crippen LogP contribution is -2.49. The van der Waals surface area contributed by atoms with Gasteiger partial charge in [0.1, 0.15) is 18.2 Å². The number of rotatable bonds is 5. The van der Waals surface area contributed by atoms with Crippen molar-refractivity contribution in [2.45, 2.75) is 76.7 Å². The van der Waals surface area contributed by atoms with E-state index < -0.39 is 5.91 Å². The normalized spacial score (nSPS) is 24.7. The van der Waals surface area contributed by atoms with Gasteiger partial charge in [0.15, 0.2) is 0 Å². The third-order valence-corrected chi connectivity index (χ3v) is 6.83. The fourth-order valence-electron chi connectivity index (χ4n) is 5.19. The van der Waals surface area contributed by atoms with Crippen molar-refractivity contribution in [3.8, 4) is 5.88 Å². The molecule has 0 unspecified atom stereocenters. The highest BCUT2D eigenvalue weighted by Crippen LogP contribution is 2.42. The maximum Gasteiger partial charge on any atom is 0.248 e. The van der Waals surface area contributed by atoms with Crippen molar-refractivity contribution < 1.29 is 14.4 Å². The number of fused-ring (bicyclic) bond motifs is 3. The van der Waals surface area contributed by atoms with Crippen LogP contribution in [0.15, 0.2) is 24.5 Å². The van der Waals surface area contributed by atoms with Crippen molar-refractivity contribution in [3.63, 3.8) is 0 Å². The van der Waals surface area contributed by atoms with Gasteiger partial charge in [-0.05, 0) is 58.2 Å². The molecule has 2 atom stereocenters. The molecule has 9 heteroatoms. The second-order valence-electron chi connectivity index (χ2n) is 10.1. The number of nitrogens with two attached hydrogens (primary N) is 1. The van der Waals surface area contributed by atoms with Gasteiger partial charge in [0, 0.05) is 37.0 Å². The van der Waals surface area contributed by atoms with E-state index in [1.165, 1.54) is 0 Å². The molecule has 0 spiro atoms. The highest BCUT2D eigenvalue weighted by molar-refractivity contribution is 6.33. The van der Waals surface area contributed by atoms with Gasteiger partial charge >= 0.3 is 0 Å². The second kappa shape index (κ2) is 8.42. The average Bonchev–Trinajstić information content (AvgIpc) is 3.25. The quantitative estimate of drug-likeness (QED) is 0.703. The predicted molar refractivity (Wildman–Crippen MR) is 126 cm³/mol. The Morgan fingerprint density at radius 1 is 1.18 bits per heavy atom. The van der Waals surface area contributed by atoms with Crippen LogP contribution in [0.4, 0.5) is 11.5 Å². The van der Waals surface area contributed by atoms with E-state index in [2.05, 4.69) is 35.8 Å². The van der Waals surface area contributed by atoms with E-state index in [-0.39, 0.29) is 11.7 Å². The van der Waals surface area contributed by atoms with Crippen LogP contribution in [0.25, 0.3) is 0 Å². The van der Waals surface area contributed by atoms with Gasteiger partial charge in [-0.2, -0.15) is 5.06 Å². The molecule has 2 aromatic rings. The molecule has 5 rings (SSSR count). The minimum absolute atomic E-state index is 0.105. The van der Waals surface area contributed by atoms with Crippen LogP contribution < -0.4 is 15.4 Å². The molecule has 33 heavy (non-hydrogen) atoms. The maximum atomic E-state index is 11.5. The van der Waals surface area contributed by atoms with Crippen LogP contribution in [0.1, 0.15) is 62.4 Å². The Kier molecular flexibility index (Phi) is 5.71. The molecule has 2 fully saturated rings. The van der Waals surface area contributed by atoms with Crippen molar-refractivity contribution in [3.05, 3.63) is 40.7 Å². The number of aromatic nitrogens is 2. The van der Waals surface area contributed by atoms with Crippen LogP contribution >= 0.6 is 11.6 Å². The van der Waals surface area contributed by atoms with Crippen molar-refractivity contribution in [1.29, 1.82) is 0 Å². The zero-order valence-corrected chi connectivity index (χ0v) is 20.0. The fraction of sp³-hybridized carbons (Fsp3) is 0.542. The van der Waals surface area contributed by atoms with Crippen LogP contribution in [0.5, 0.6) is 5.88 Å². The number of ether oxygens (including phenoxy) is 1. The first-order chi connectivity index (χ1) is 15.7. The molecule has 176 valence electrons. The molecule has 3 aliphatic rings. The molecule has 2 bridgehead atoms. The lowest BCUT2D eigenvalue weighted by molar-refractivity contribution is -0.269. The Hall–Kier alpha value is -2.42. The standard InChI is InChI=1S/C24H30ClN5O3/c1-24(2,3)33-30-15-5-6-16(30)12-17(11-15)32-23-18-8-9-29(22(18)27-13-28-23)20-7-4-14(21(26)31)10-19(20)25/h4,7,10,13,15-17H,5-6,8-9,11-12H2,1-3H3,(H2,26,31)/t15-,16-/m0/s1. The van der Waals surface area contributed by atoms with Crippen LogP contribution in [-0.4, -0.2) is 51.3 Å². The van der Waals surface area contributed by atoms with Gasteiger partial charge < -0.3 is 15.4 Å². The molecule has 2 saturated heterocycles. The predicted octanol–water partition coefficient (Wildman–Crippen LogP) is 4.03. The Morgan fingerprint density at radius 3 is 2.55 bits per heavy atom. The van der Waals surface area contributed by atoms with Crippen molar-refractivity contribution in [2.24, 2.45) is 5.73 Å². The van der Waals surface area contributed by atoms with Crippen LogP contribution in [0, 0.1) is 0 Å². The molecule has 1 aromatic carbocycles. The van der Waals surface area contributed by atoms with E-state index in [1.54, 1.807) is 18.5 Å². The van der Waals surface area contributed by atoms with Crippen LogP contribution in [-0.2, 0) is 11.3 Å². The first-order valence-corrected chi connectivity index (χ1v) is 11.9. The minimum atomic E-state index is -0.504. The molecule has 0 radical (unpaired) electrons. The summed E-state index contributed by atoms with van der Waals surface area (Å²) >= 11 is 6.47. The number of hydrogen-bond acceptors (Lipinski definition) is 7. The molecule has 1 amide bonds. The summed E-state index contributed by atoms with van der Waals surface area (Å²) in [5.41, 5.74) is 7.35. The number of anilines is 2. The number of amides is 1. The van der Waals surface area contributed by atoms with Gasteiger partial charge in [-0.1, -0.05) is 11.6 Å². The Morgan fingerprint density at radius 2 is 1.91 bits per heavy atom. The first-order valence-electron chi connectivity index (χ1n) is 11.5. The Labute approximate surface area is 199 Å². The summed E-state index contributed by atoms with van der Waals surface area (Å²) in [6.07, 6.45) is 6.54. The Balaban J connectivity index is 1.33. The smallest absolute Gasteiger partial charge is 0.248 e. The molecular formula is C24H30ClN5O3. The summed E-state index contributed by atoms with van der Waals surface area (Å²) in [5.74, 6) is 0.948. The fourth-order valence-corrected chi connectivity index (χ4v) is 5.47. The third-order valence-electron chi connectivity index (χ3n) is 6.53. The summed E-state index contributed by atoms with van der Waals surface area (Å²) in [5, 5.41) is 2.67. The molecule has 1 aromatic heterocycles. The first kappa shape index (κ1) is 22.4. The summed E-state index contributed by atoms with van der Waals surface area (Å²) in [4.78, 5) is 28.7. The van der Waals surface area contributed by atoms with Gasteiger partial charge in [-0.3, -0.25) is 9.63 Å². The number of benzene rings is 1. The molecule has 8 nitrogen and oxygen atoms in total. The zero-order chi connectivity index (χ0) is 23.3. The minimum Gasteiger partial charge on any atom is -0.474 e. The van der Waals surface area contributed by atoms with Crippen molar-refractivity contribution in [2.75, 3.05) is 11.4 Å². The molecule has 3 aliphatic heterocycles. The number of primary amides is 1. The van der Waals surface area contributed by atoms with E-state index in [9.17, 15) is 4.79 Å². The van der Waals surface area contributed by atoms with E-state index >= 15 is 0 Å². The van der Waals surface area contributed by atoms with Crippen LogP contribution in [0.2, 0.25) is 5.02 Å². The van der Waals surface area contributed by atoms with E-state index in [4.69, 9.17) is 26.9 Å². The number of hydrogen-bond donors (Lipinski definition) is 1. The molecule has 4 heterocycles. The van der Waals surface area contributed by atoms with Gasteiger partial charge in [0.05, 0.1) is 21.9 Å². The Bertz CT molecular complexity index is 1060. The zero-order valence-electron chi connectivity index (χ0n) is 19.3. The van der Waals surface area contributed by atoms with Gasteiger partial charge in [-0.25, -0.2) is 9.97 Å². The summed E-state index contributed by atoms with van der Waals surface area (Å²) < 4.78 is 6.47. The van der Waals surface area contributed by atoms with Gasteiger partial charge in [0.25, 0.3) is 0 Å². The van der Waals surface area contributed by atoms with Crippen molar-refractivity contribution >= 4 is 29.0 Å². The van der Waals surface area contributed by atoms with E-state index in [1.807, 2.05) is 11.0 Å². The van der Waals surface area contributed by atoms with E-state index in [0.29, 0.717) is 35.1 Å². The lowest BCUT2D eigenvalue weighted by Gasteiger charge is -2.41. The van der Waals surface area contributed by atoms with E-state index in [0.717, 1.165) is 49.2 Å². The molecule has 0 saturated carbocycles. The average molecular weight is 472 g/mol. The number of carbonyl (C=O) groups excluding carboxylic acids is 1. The van der Waals surface area contributed by atoms with Crippen LogP contribution in [0.3, 0.4) is 0 Å². The summed E-state index contributed by atoms with van der Waals surface area (Å²) in [6, 6.07) is 5.84. The summed E-state index contributed by atoms with van der Waals surface area (Å²) in [7, 11) is 0. The maximum absolute atomic E-state index is 11.5. The topological polar surface area (TPSA) is 93.8 Å². The molecule has 2 N–H and O–H groups in total. The SMILES string of the molecule is CC(C)(C)ON1[C@H]2CC[C@H]1CC(Oc1ncnc3c1CCN3c1ccc(C(N)=O)cc1Cl)C2. The van der Waals surface area contributed by atoms with Crippen molar-refractivity contribution in [1.82, 2.24) is 15.0 Å². The highest BCUT2D eigenvalue weighted by Gasteiger charge is 2.44. The third kappa shape index (κ3) is 4.39. The second-order valence-corrected chi connectivity index (χ2v) is 10.5.